The fraction of sp³-hybridized carbons (Fsp3) is 0.0417. The average Bonchev–Trinajstić information content (AvgIpc) is 2.72. The molecule has 0 saturated heterocycles. The molecular formula is C24H17NO. The SMILES string of the molecule is COc1ccc2c(ccc3c(-c4ccccc4)c4ccccc4nc32)c1. The van der Waals surface area contributed by atoms with Gasteiger partial charge in [0.15, 0.2) is 0 Å². The normalized spacial score (nSPS) is 11.3. The Hall–Kier alpha value is -3.39. The van der Waals surface area contributed by atoms with Crippen LogP contribution in [0.15, 0.2) is 84.9 Å². The quantitative estimate of drug-likeness (QED) is 0.282. The molecule has 0 unspecified atom stereocenters. The lowest BCUT2D eigenvalue weighted by Gasteiger charge is -2.13. The molecule has 0 N–H and O–H groups in total. The Labute approximate surface area is 151 Å². The summed E-state index contributed by atoms with van der Waals surface area (Å²) in [6.45, 7) is 0. The molecule has 0 amide bonds. The summed E-state index contributed by atoms with van der Waals surface area (Å²) in [4.78, 5) is 5.01. The first-order valence-corrected chi connectivity index (χ1v) is 8.70. The second-order valence-electron chi connectivity index (χ2n) is 6.42. The third-order valence-corrected chi connectivity index (χ3v) is 4.94. The van der Waals surface area contributed by atoms with Crippen LogP contribution in [0, 0.1) is 0 Å². The third-order valence-electron chi connectivity index (χ3n) is 4.94. The number of hydrogen-bond acceptors (Lipinski definition) is 2. The van der Waals surface area contributed by atoms with Gasteiger partial charge in [0.1, 0.15) is 5.75 Å². The second kappa shape index (κ2) is 5.85. The standard InChI is InChI=1S/C24H17NO/c1-26-18-12-14-19-17(15-18)11-13-21-23(16-7-3-2-4-8-16)20-9-5-6-10-22(20)25-24(19)21/h2-15H,1H3. The van der Waals surface area contributed by atoms with E-state index in [1.165, 1.54) is 21.9 Å². The summed E-state index contributed by atoms with van der Waals surface area (Å²) in [7, 11) is 1.70. The van der Waals surface area contributed by atoms with Gasteiger partial charge in [-0.15, -0.1) is 0 Å². The fourth-order valence-electron chi connectivity index (χ4n) is 3.70. The summed E-state index contributed by atoms with van der Waals surface area (Å²) in [5, 5.41) is 4.64. The molecule has 0 spiro atoms. The monoisotopic (exact) mass is 335 g/mol. The van der Waals surface area contributed by atoms with E-state index in [0.717, 1.165) is 27.6 Å². The summed E-state index contributed by atoms with van der Waals surface area (Å²) < 4.78 is 5.38. The van der Waals surface area contributed by atoms with E-state index in [4.69, 9.17) is 9.72 Å². The molecule has 1 heterocycles. The summed E-state index contributed by atoms with van der Waals surface area (Å²) in [5.41, 5.74) is 4.50. The number of fused-ring (bicyclic) bond motifs is 4. The highest BCUT2D eigenvalue weighted by atomic mass is 16.5. The van der Waals surface area contributed by atoms with Gasteiger partial charge in [-0.25, -0.2) is 4.98 Å². The number of hydrogen-bond donors (Lipinski definition) is 0. The Bertz CT molecular complexity index is 1260. The molecule has 0 radical (unpaired) electrons. The highest BCUT2D eigenvalue weighted by Crippen LogP contribution is 2.37. The van der Waals surface area contributed by atoms with Gasteiger partial charge in [0.25, 0.3) is 0 Å². The van der Waals surface area contributed by atoms with E-state index in [2.05, 4.69) is 72.8 Å². The Morgan fingerprint density at radius 2 is 1.46 bits per heavy atom. The maximum Gasteiger partial charge on any atom is 0.119 e. The minimum Gasteiger partial charge on any atom is -0.497 e. The van der Waals surface area contributed by atoms with Crippen LogP contribution in [0.1, 0.15) is 0 Å². The lowest BCUT2D eigenvalue weighted by molar-refractivity contribution is 0.415. The first-order chi connectivity index (χ1) is 12.8. The van der Waals surface area contributed by atoms with Gasteiger partial charge in [-0.05, 0) is 35.2 Å². The van der Waals surface area contributed by atoms with Gasteiger partial charge in [-0.2, -0.15) is 0 Å². The first-order valence-electron chi connectivity index (χ1n) is 8.70. The molecule has 0 atom stereocenters. The fourth-order valence-corrected chi connectivity index (χ4v) is 3.70. The van der Waals surface area contributed by atoms with E-state index in [-0.39, 0.29) is 0 Å². The van der Waals surface area contributed by atoms with Crippen molar-refractivity contribution in [3.8, 4) is 16.9 Å². The zero-order valence-electron chi connectivity index (χ0n) is 14.4. The molecule has 0 bridgehead atoms. The molecule has 0 aliphatic rings. The maximum absolute atomic E-state index is 5.38. The number of pyridine rings is 1. The van der Waals surface area contributed by atoms with Crippen LogP contribution >= 0.6 is 0 Å². The predicted molar refractivity (Wildman–Crippen MR) is 109 cm³/mol. The van der Waals surface area contributed by atoms with Crippen LogP contribution < -0.4 is 4.74 Å². The number of para-hydroxylation sites is 1. The van der Waals surface area contributed by atoms with Crippen molar-refractivity contribution in [2.24, 2.45) is 0 Å². The minimum atomic E-state index is 0.862. The van der Waals surface area contributed by atoms with E-state index in [9.17, 15) is 0 Å². The molecule has 2 nitrogen and oxygen atoms in total. The topological polar surface area (TPSA) is 22.1 Å². The Morgan fingerprint density at radius 3 is 2.31 bits per heavy atom. The molecule has 2 heteroatoms. The van der Waals surface area contributed by atoms with Crippen molar-refractivity contribution in [3.05, 3.63) is 84.9 Å². The molecule has 0 aliphatic heterocycles. The van der Waals surface area contributed by atoms with E-state index in [1.54, 1.807) is 7.11 Å². The lowest BCUT2D eigenvalue weighted by atomic mass is 9.94. The van der Waals surface area contributed by atoms with Gasteiger partial charge in [-0.1, -0.05) is 60.7 Å². The van der Waals surface area contributed by atoms with Crippen molar-refractivity contribution in [2.45, 2.75) is 0 Å². The van der Waals surface area contributed by atoms with E-state index in [0.29, 0.717) is 0 Å². The summed E-state index contributed by atoms with van der Waals surface area (Å²) in [6, 6.07) is 29.4. The van der Waals surface area contributed by atoms with Crippen LogP contribution in [0.4, 0.5) is 0 Å². The number of aromatic nitrogens is 1. The summed E-state index contributed by atoms with van der Waals surface area (Å²) in [5.74, 6) is 0.862. The predicted octanol–water partition coefficient (Wildman–Crippen LogP) is 6.22. The Balaban J connectivity index is 1.98. The number of rotatable bonds is 2. The molecular weight excluding hydrogens is 318 g/mol. The average molecular weight is 335 g/mol. The zero-order valence-corrected chi connectivity index (χ0v) is 14.4. The molecule has 4 aromatic carbocycles. The molecule has 1 aromatic heterocycles. The minimum absolute atomic E-state index is 0.862. The van der Waals surface area contributed by atoms with Crippen LogP contribution in [-0.2, 0) is 0 Å². The molecule has 26 heavy (non-hydrogen) atoms. The van der Waals surface area contributed by atoms with Crippen molar-refractivity contribution in [1.82, 2.24) is 4.98 Å². The molecule has 0 fully saturated rings. The van der Waals surface area contributed by atoms with Crippen molar-refractivity contribution in [3.63, 3.8) is 0 Å². The van der Waals surface area contributed by atoms with Crippen molar-refractivity contribution in [1.29, 1.82) is 0 Å². The van der Waals surface area contributed by atoms with E-state index in [1.807, 2.05) is 12.1 Å². The van der Waals surface area contributed by atoms with Gasteiger partial charge < -0.3 is 4.74 Å². The van der Waals surface area contributed by atoms with Gasteiger partial charge >= 0.3 is 0 Å². The van der Waals surface area contributed by atoms with Gasteiger partial charge in [0.2, 0.25) is 0 Å². The van der Waals surface area contributed by atoms with Crippen LogP contribution in [0.5, 0.6) is 5.75 Å². The van der Waals surface area contributed by atoms with Crippen molar-refractivity contribution in [2.75, 3.05) is 7.11 Å². The van der Waals surface area contributed by atoms with Crippen molar-refractivity contribution < 1.29 is 4.74 Å². The molecule has 0 aliphatic carbocycles. The largest absolute Gasteiger partial charge is 0.497 e. The third kappa shape index (κ3) is 2.23. The molecule has 0 saturated carbocycles. The van der Waals surface area contributed by atoms with Crippen LogP contribution in [0.25, 0.3) is 43.7 Å². The number of ether oxygens (including phenoxy) is 1. The van der Waals surface area contributed by atoms with E-state index >= 15 is 0 Å². The lowest BCUT2D eigenvalue weighted by Crippen LogP contribution is -1.91. The number of nitrogens with zero attached hydrogens (tertiary/aromatic N) is 1. The summed E-state index contributed by atoms with van der Waals surface area (Å²) >= 11 is 0. The molecule has 5 rings (SSSR count). The molecule has 124 valence electrons. The van der Waals surface area contributed by atoms with Crippen LogP contribution in [0.3, 0.4) is 0 Å². The Morgan fingerprint density at radius 1 is 0.692 bits per heavy atom. The van der Waals surface area contributed by atoms with Gasteiger partial charge in [0, 0.05) is 21.7 Å². The van der Waals surface area contributed by atoms with Gasteiger partial charge in [0.05, 0.1) is 18.1 Å². The second-order valence-corrected chi connectivity index (χ2v) is 6.42. The zero-order chi connectivity index (χ0) is 17.5. The van der Waals surface area contributed by atoms with Crippen LogP contribution in [-0.4, -0.2) is 12.1 Å². The Kier molecular flexibility index (Phi) is 3.36. The summed E-state index contributed by atoms with van der Waals surface area (Å²) in [6.07, 6.45) is 0. The first kappa shape index (κ1) is 14.9. The van der Waals surface area contributed by atoms with Crippen LogP contribution in [0.2, 0.25) is 0 Å². The molecule has 5 aromatic rings. The highest BCUT2D eigenvalue weighted by molar-refractivity contribution is 6.16. The maximum atomic E-state index is 5.38. The van der Waals surface area contributed by atoms with E-state index < -0.39 is 0 Å². The smallest absolute Gasteiger partial charge is 0.119 e. The number of methoxy groups -OCH3 is 1. The van der Waals surface area contributed by atoms with Gasteiger partial charge in [-0.3, -0.25) is 0 Å². The highest BCUT2D eigenvalue weighted by Gasteiger charge is 2.13. The van der Waals surface area contributed by atoms with Crippen molar-refractivity contribution >= 4 is 32.6 Å². The number of benzene rings is 4.